The first-order chi connectivity index (χ1) is 19.0. The molecule has 0 saturated carbocycles. The summed E-state index contributed by atoms with van der Waals surface area (Å²) in [4.78, 5) is 31.9. The lowest BCUT2D eigenvalue weighted by atomic mass is 9.95. The predicted molar refractivity (Wildman–Crippen MR) is 147 cm³/mol. The number of hydrogen-bond donors (Lipinski definition) is 3. The number of morpholine rings is 1. The smallest absolute Gasteiger partial charge is 0.259 e. The van der Waals surface area contributed by atoms with Crippen molar-refractivity contribution in [3.05, 3.63) is 59.9 Å². The molecule has 2 aliphatic heterocycles. The summed E-state index contributed by atoms with van der Waals surface area (Å²) < 4.78 is 18.2. The van der Waals surface area contributed by atoms with Crippen LogP contribution in [0.3, 0.4) is 0 Å². The second-order valence-corrected chi connectivity index (χ2v) is 9.79. The van der Waals surface area contributed by atoms with Crippen LogP contribution in [-0.2, 0) is 20.9 Å². The van der Waals surface area contributed by atoms with E-state index in [-0.39, 0.29) is 11.1 Å². The molecule has 2 aliphatic rings. The molecular formula is C29H30N4O6. The standard InChI is InChI=1S/C29H30N4O6/c1-37-18-3-5-24-20(11-18)22(13-30-24)26-27(29(36)31-28(26)35)23-16-33(25-6-4-19(38-2)12-21(23)25)15-17(34)14-32-7-9-39-10-8-32/h3-6,11-13,16-17,30,34H,7-10,14-15H2,1-2H3,(H,31,35,36). The first kappa shape index (κ1) is 25.2. The van der Waals surface area contributed by atoms with Crippen molar-refractivity contribution in [2.75, 3.05) is 47.1 Å². The number of aliphatic hydroxyl groups is 1. The predicted octanol–water partition coefficient (Wildman–Crippen LogP) is 2.40. The molecular weight excluding hydrogens is 500 g/mol. The first-order valence-corrected chi connectivity index (χ1v) is 12.9. The van der Waals surface area contributed by atoms with Crippen LogP contribution in [0.4, 0.5) is 0 Å². The number of aromatic amines is 1. The summed E-state index contributed by atoms with van der Waals surface area (Å²) in [6.45, 7) is 3.70. The molecule has 39 heavy (non-hydrogen) atoms. The van der Waals surface area contributed by atoms with E-state index in [1.54, 1.807) is 20.4 Å². The average molecular weight is 531 g/mol. The number of fused-ring (bicyclic) bond motifs is 2. The van der Waals surface area contributed by atoms with Crippen LogP contribution < -0.4 is 14.8 Å². The van der Waals surface area contributed by atoms with E-state index in [1.807, 2.05) is 47.2 Å². The van der Waals surface area contributed by atoms with Crippen LogP contribution in [0.25, 0.3) is 33.0 Å². The highest BCUT2D eigenvalue weighted by molar-refractivity contribution is 6.50. The van der Waals surface area contributed by atoms with Gasteiger partial charge in [-0.15, -0.1) is 0 Å². The number of carbonyl (C=O) groups excluding carboxylic acids is 2. The molecule has 202 valence electrons. The van der Waals surface area contributed by atoms with Crippen molar-refractivity contribution in [2.45, 2.75) is 12.6 Å². The normalized spacial score (nSPS) is 17.3. The Balaban J connectivity index is 1.48. The van der Waals surface area contributed by atoms with Gasteiger partial charge in [-0.1, -0.05) is 0 Å². The number of nitrogens with one attached hydrogen (secondary N) is 2. The van der Waals surface area contributed by atoms with Crippen LogP contribution in [0.2, 0.25) is 0 Å². The van der Waals surface area contributed by atoms with Crippen LogP contribution in [0.1, 0.15) is 11.1 Å². The second-order valence-electron chi connectivity index (χ2n) is 9.79. The van der Waals surface area contributed by atoms with Gasteiger partial charge < -0.3 is 28.9 Å². The van der Waals surface area contributed by atoms with Gasteiger partial charge in [-0.25, -0.2) is 0 Å². The fraction of sp³-hybridized carbons (Fsp3) is 0.310. The molecule has 10 nitrogen and oxygen atoms in total. The van der Waals surface area contributed by atoms with Crippen LogP contribution in [0.5, 0.6) is 11.5 Å². The first-order valence-electron chi connectivity index (χ1n) is 12.9. The Morgan fingerprint density at radius 2 is 1.59 bits per heavy atom. The summed E-state index contributed by atoms with van der Waals surface area (Å²) in [5.74, 6) is 0.336. The summed E-state index contributed by atoms with van der Waals surface area (Å²) in [6.07, 6.45) is 2.95. The number of carbonyl (C=O) groups is 2. The van der Waals surface area contributed by atoms with Crippen molar-refractivity contribution in [3.8, 4) is 11.5 Å². The maximum Gasteiger partial charge on any atom is 0.259 e. The zero-order valence-corrected chi connectivity index (χ0v) is 21.8. The molecule has 4 aromatic rings. The van der Waals surface area contributed by atoms with Gasteiger partial charge >= 0.3 is 0 Å². The third kappa shape index (κ3) is 4.56. The number of β-amino-alcohol motifs (C(OH)–C–C–N with tert-alkyl or cyclic N) is 1. The van der Waals surface area contributed by atoms with E-state index in [0.29, 0.717) is 48.9 Å². The van der Waals surface area contributed by atoms with Crippen molar-refractivity contribution in [2.24, 2.45) is 0 Å². The van der Waals surface area contributed by atoms with Gasteiger partial charge in [0.15, 0.2) is 0 Å². The van der Waals surface area contributed by atoms with Crippen molar-refractivity contribution >= 4 is 44.8 Å². The Morgan fingerprint density at radius 1 is 0.923 bits per heavy atom. The number of methoxy groups -OCH3 is 2. The Kier molecular flexibility index (Phi) is 6.59. The van der Waals surface area contributed by atoms with E-state index in [0.717, 1.165) is 34.9 Å². The zero-order chi connectivity index (χ0) is 27.1. The molecule has 0 spiro atoms. The number of amides is 2. The summed E-state index contributed by atoms with van der Waals surface area (Å²) >= 11 is 0. The molecule has 1 atom stereocenters. The number of aromatic nitrogens is 2. The third-order valence-electron chi connectivity index (χ3n) is 7.43. The van der Waals surface area contributed by atoms with Gasteiger partial charge in [-0.2, -0.15) is 0 Å². The number of benzene rings is 2. The molecule has 0 radical (unpaired) electrons. The molecule has 0 bridgehead atoms. The van der Waals surface area contributed by atoms with E-state index < -0.39 is 17.9 Å². The summed E-state index contributed by atoms with van der Waals surface area (Å²) in [6, 6.07) is 11.2. The van der Waals surface area contributed by atoms with Gasteiger partial charge in [0.25, 0.3) is 11.8 Å². The number of imide groups is 1. The molecule has 2 amide bonds. The van der Waals surface area contributed by atoms with Crippen molar-refractivity contribution in [3.63, 3.8) is 0 Å². The Hall–Kier alpha value is -4.12. The van der Waals surface area contributed by atoms with Gasteiger partial charge in [0.2, 0.25) is 0 Å². The molecule has 1 fully saturated rings. The number of hydrogen-bond acceptors (Lipinski definition) is 7. The number of aliphatic hydroxyl groups excluding tert-OH is 1. The van der Waals surface area contributed by atoms with Crippen LogP contribution >= 0.6 is 0 Å². The van der Waals surface area contributed by atoms with E-state index in [1.165, 1.54) is 0 Å². The van der Waals surface area contributed by atoms with Gasteiger partial charge in [-0.3, -0.25) is 19.8 Å². The van der Waals surface area contributed by atoms with Gasteiger partial charge in [0.05, 0.1) is 44.7 Å². The Bertz CT molecular complexity index is 1610. The van der Waals surface area contributed by atoms with E-state index in [4.69, 9.17) is 14.2 Å². The van der Waals surface area contributed by atoms with E-state index in [9.17, 15) is 14.7 Å². The molecule has 2 aromatic heterocycles. The fourth-order valence-corrected chi connectivity index (χ4v) is 5.52. The fourth-order valence-electron chi connectivity index (χ4n) is 5.52. The minimum Gasteiger partial charge on any atom is -0.497 e. The number of nitrogens with zero attached hydrogens (tertiary/aromatic N) is 2. The molecule has 3 N–H and O–H groups in total. The lowest BCUT2D eigenvalue weighted by Crippen LogP contribution is -2.41. The summed E-state index contributed by atoms with van der Waals surface area (Å²) in [5.41, 5.74) is 3.42. The number of rotatable bonds is 8. The van der Waals surface area contributed by atoms with Gasteiger partial charge in [-0.05, 0) is 36.4 Å². The monoisotopic (exact) mass is 530 g/mol. The third-order valence-corrected chi connectivity index (χ3v) is 7.43. The van der Waals surface area contributed by atoms with Crippen molar-refractivity contribution in [1.82, 2.24) is 19.8 Å². The summed E-state index contributed by atoms with van der Waals surface area (Å²) in [7, 11) is 3.17. The van der Waals surface area contributed by atoms with Crippen molar-refractivity contribution in [1.29, 1.82) is 0 Å². The molecule has 4 heterocycles. The Morgan fingerprint density at radius 3 is 2.31 bits per heavy atom. The number of H-pyrrole nitrogens is 1. The lowest BCUT2D eigenvalue weighted by Gasteiger charge is -2.28. The van der Waals surface area contributed by atoms with E-state index in [2.05, 4.69) is 15.2 Å². The molecule has 0 aliphatic carbocycles. The van der Waals surface area contributed by atoms with Crippen molar-refractivity contribution < 1.29 is 28.9 Å². The minimum atomic E-state index is -0.637. The summed E-state index contributed by atoms with van der Waals surface area (Å²) in [5, 5.41) is 15.0. The number of ether oxygens (including phenoxy) is 3. The molecule has 2 aromatic carbocycles. The average Bonchev–Trinajstić information content (AvgIpc) is 3.60. The quantitative estimate of drug-likeness (QED) is 0.300. The minimum absolute atomic E-state index is 0.281. The SMILES string of the molecule is COc1ccc2[nH]cc(C3=C(c4cn(CC(O)CN5CCOCC5)c5ccc(OC)cc45)C(=O)NC3=O)c2c1. The van der Waals surface area contributed by atoms with Crippen LogP contribution in [0.15, 0.2) is 48.8 Å². The maximum atomic E-state index is 13.3. The lowest BCUT2D eigenvalue weighted by molar-refractivity contribution is -0.122. The molecule has 10 heteroatoms. The highest BCUT2D eigenvalue weighted by Gasteiger charge is 2.35. The van der Waals surface area contributed by atoms with E-state index >= 15 is 0 Å². The van der Waals surface area contributed by atoms with Gasteiger partial charge in [0.1, 0.15) is 11.5 Å². The maximum absolute atomic E-state index is 13.3. The molecule has 1 saturated heterocycles. The molecule has 1 unspecified atom stereocenters. The largest absolute Gasteiger partial charge is 0.497 e. The van der Waals surface area contributed by atoms with Crippen LogP contribution in [-0.4, -0.2) is 84.5 Å². The second kappa shape index (κ2) is 10.2. The zero-order valence-electron chi connectivity index (χ0n) is 21.8. The Labute approximate surface area is 224 Å². The van der Waals surface area contributed by atoms with Gasteiger partial charge in [0, 0.05) is 71.5 Å². The van der Waals surface area contributed by atoms with Crippen LogP contribution in [0, 0.1) is 0 Å². The highest BCUT2D eigenvalue weighted by atomic mass is 16.5. The molecule has 6 rings (SSSR count). The topological polar surface area (TPSA) is 118 Å². The highest BCUT2D eigenvalue weighted by Crippen LogP contribution is 2.39.